The molecule has 0 atom stereocenters. The average molecular weight is 180 g/mol. The third-order valence-electron chi connectivity index (χ3n) is 1.85. The van der Waals surface area contributed by atoms with Crippen LogP contribution in [0, 0.1) is 0 Å². The number of phenols is 1. The number of nitrogens with two attached hydrogens (primary N) is 2. The van der Waals surface area contributed by atoms with Gasteiger partial charge in [0, 0.05) is 23.9 Å². The molecule has 0 spiro atoms. The Labute approximate surface area is 76.2 Å². The molecule has 0 fully saturated rings. The summed E-state index contributed by atoms with van der Waals surface area (Å²) in [6.07, 6.45) is 0. The van der Waals surface area contributed by atoms with Gasteiger partial charge in [-0.1, -0.05) is 0 Å². The minimum atomic E-state index is -0.150. The molecule has 0 heterocycles. The van der Waals surface area contributed by atoms with Gasteiger partial charge < -0.3 is 16.6 Å². The van der Waals surface area contributed by atoms with E-state index in [1.807, 2.05) is 0 Å². The van der Waals surface area contributed by atoms with E-state index >= 15 is 0 Å². The summed E-state index contributed by atoms with van der Waals surface area (Å²) >= 11 is 0. The molecule has 0 aromatic heterocycles. The number of Topliss-reactive ketones (excluding diaryl/α,β-unsaturated/α-hetero) is 1. The monoisotopic (exact) mass is 180 g/mol. The van der Waals surface area contributed by atoms with Crippen molar-refractivity contribution in [3.05, 3.63) is 23.3 Å². The molecule has 0 saturated carbocycles. The standard InChI is InChI=1S/C9H12N2O2/c1-5(12)7-2-6(13)3-9(11)8(7)4-10/h2-3,13H,4,10-11H2,1H3. The van der Waals surface area contributed by atoms with E-state index in [0.717, 1.165) is 0 Å². The lowest BCUT2D eigenvalue weighted by molar-refractivity contribution is 0.101. The first-order chi connectivity index (χ1) is 6.06. The predicted molar refractivity (Wildman–Crippen MR) is 50.4 cm³/mol. The van der Waals surface area contributed by atoms with E-state index in [2.05, 4.69) is 0 Å². The Morgan fingerprint density at radius 3 is 2.62 bits per heavy atom. The fourth-order valence-electron chi connectivity index (χ4n) is 1.22. The summed E-state index contributed by atoms with van der Waals surface area (Å²) in [6.45, 7) is 1.61. The number of anilines is 1. The van der Waals surface area contributed by atoms with Gasteiger partial charge in [-0.15, -0.1) is 0 Å². The molecule has 0 bridgehead atoms. The van der Waals surface area contributed by atoms with Crippen LogP contribution in [-0.2, 0) is 6.54 Å². The van der Waals surface area contributed by atoms with Crippen molar-refractivity contribution in [3.63, 3.8) is 0 Å². The van der Waals surface area contributed by atoms with Crippen LogP contribution < -0.4 is 11.5 Å². The zero-order chi connectivity index (χ0) is 10.0. The smallest absolute Gasteiger partial charge is 0.160 e. The maximum atomic E-state index is 11.1. The van der Waals surface area contributed by atoms with Gasteiger partial charge in [0.15, 0.2) is 5.78 Å². The molecule has 0 aliphatic heterocycles. The number of rotatable bonds is 2. The van der Waals surface area contributed by atoms with Gasteiger partial charge in [0.05, 0.1) is 0 Å². The van der Waals surface area contributed by atoms with E-state index in [1.54, 1.807) is 0 Å². The first-order valence-corrected chi connectivity index (χ1v) is 3.88. The fourth-order valence-corrected chi connectivity index (χ4v) is 1.22. The molecule has 1 aromatic rings. The Kier molecular flexibility index (Phi) is 2.53. The van der Waals surface area contributed by atoms with E-state index < -0.39 is 0 Å². The molecule has 0 radical (unpaired) electrons. The molecule has 4 heteroatoms. The number of carbonyl (C=O) groups excluding carboxylic acids is 1. The molecule has 1 aromatic carbocycles. The van der Waals surface area contributed by atoms with Crippen molar-refractivity contribution < 1.29 is 9.90 Å². The van der Waals surface area contributed by atoms with E-state index in [0.29, 0.717) is 16.8 Å². The highest BCUT2D eigenvalue weighted by Gasteiger charge is 2.10. The number of benzene rings is 1. The van der Waals surface area contributed by atoms with Crippen molar-refractivity contribution in [2.45, 2.75) is 13.5 Å². The van der Waals surface area contributed by atoms with Gasteiger partial charge in [-0.2, -0.15) is 0 Å². The molecule has 0 aliphatic carbocycles. The quantitative estimate of drug-likeness (QED) is 0.460. The zero-order valence-electron chi connectivity index (χ0n) is 7.37. The second-order valence-electron chi connectivity index (χ2n) is 2.82. The maximum absolute atomic E-state index is 11.1. The highest BCUT2D eigenvalue weighted by Crippen LogP contribution is 2.23. The molecule has 5 N–H and O–H groups in total. The van der Waals surface area contributed by atoms with Crippen molar-refractivity contribution in [1.82, 2.24) is 0 Å². The van der Waals surface area contributed by atoms with Crippen LogP contribution in [0.2, 0.25) is 0 Å². The van der Waals surface area contributed by atoms with Crippen LogP contribution in [0.5, 0.6) is 5.75 Å². The first kappa shape index (κ1) is 9.54. The van der Waals surface area contributed by atoms with Crippen molar-refractivity contribution in [2.75, 3.05) is 5.73 Å². The lowest BCUT2D eigenvalue weighted by atomic mass is 10.0. The molecular formula is C9H12N2O2. The van der Waals surface area contributed by atoms with Crippen molar-refractivity contribution >= 4 is 11.5 Å². The molecule has 70 valence electrons. The van der Waals surface area contributed by atoms with E-state index in [1.165, 1.54) is 19.1 Å². The summed E-state index contributed by atoms with van der Waals surface area (Å²) in [5.41, 5.74) is 12.3. The summed E-state index contributed by atoms with van der Waals surface area (Å²) in [5.74, 6) is -0.164. The number of nitrogen functional groups attached to an aromatic ring is 1. The molecule has 13 heavy (non-hydrogen) atoms. The van der Waals surface area contributed by atoms with Gasteiger partial charge in [0.2, 0.25) is 0 Å². The number of hydrogen-bond donors (Lipinski definition) is 3. The minimum absolute atomic E-state index is 0.0140. The minimum Gasteiger partial charge on any atom is -0.508 e. The van der Waals surface area contributed by atoms with Crippen LogP contribution in [0.1, 0.15) is 22.8 Å². The fraction of sp³-hybridized carbons (Fsp3) is 0.222. The Balaban J connectivity index is 3.38. The third kappa shape index (κ3) is 1.78. The molecule has 0 amide bonds. The lowest BCUT2D eigenvalue weighted by Crippen LogP contribution is -2.08. The lowest BCUT2D eigenvalue weighted by Gasteiger charge is -2.08. The molecular weight excluding hydrogens is 168 g/mol. The normalized spacial score (nSPS) is 10.0. The average Bonchev–Trinajstić information content (AvgIpc) is 2.02. The Hall–Kier alpha value is -1.55. The number of phenolic OH excluding ortho intramolecular Hbond substituents is 1. The molecule has 0 unspecified atom stereocenters. The largest absolute Gasteiger partial charge is 0.508 e. The van der Waals surface area contributed by atoms with Crippen LogP contribution in [0.15, 0.2) is 12.1 Å². The molecule has 4 nitrogen and oxygen atoms in total. The van der Waals surface area contributed by atoms with Gasteiger partial charge in [-0.3, -0.25) is 4.79 Å². The van der Waals surface area contributed by atoms with Crippen molar-refractivity contribution in [1.29, 1.82) is 0 Å². The topological polar surface area (TPSA) is 89.3 Å². The van der Waals surface area contributed by atoms with Gasteiger partial charge in [-0.05, 0) is 18.6 Å². The summed E-state index contributed by atoms with van der Waals surface area (Å²) in [7, 11) is 0. The Bertz CT molecular complexity index is 348. The highest BCUT2D eigenvalue weighted by atomic mass is 16.3. The van der Waals surface area contributed by atoms with Crippen LogP contribution in [0.3, 0.4) is 0 Å². The summed E-state index contributed by atoms with van der Waals surface area (Å²) < 4.78 is 0. The number of aromatic hydroxyl groups is 1. The number of ketones is 1. The highest BCUT2D eigenvalue weighted by molar-refractivity contribution is 5.97. The summed E-state index contributed by atoms with van der Waals surface area (Å²) in [5, 5.41) is 9.19. The van der Waals surface area contributed by atoms with Crippen molar-refractivity contribution in [3.8, 4) is 5.75 Å². The second kappa shape index (κ2) is 3.45. The molecule has 0 aliphatic rings. The maximum Gasteiger partial charge on any atom is 0.160 e. The van der Waals surface area contributed by atoms with Crippen molar-refractivity contribution in [2.24, 2.45) is 5.73 Å². The van der Waals surface area contributed by atoms with Crippen LogP contribution >= 0.6 is 0 Å². The SMILES string of the molecule is CC(=O)c1cc(O)cc(N)c1CN. The van der Waals surface area contributed by atoms with Crippen LogP contribution in [-0.4, -0.2) is 10.9 Å². The number of carbonyl (C=O) groups is 1. The van der Waals surface area contributed by atoms with Gasteiger partial charge in [-0.25, -0.2) is 0 Å². The number of hydrogen-bond acceptors (Lipinski definition) is 4. The van der Waals surface area contributed by atoms with E-state index in [4.69, 9.17) is 11.5 Å². The van der Waals surface area contributed by atoms with E-state index in [-0.39, 0.29) is 18.1 Å². The third-order valence-corrected chi connectivity index (χ3v) is 1.85. The summed E-state index contributed by atoms with van der Waals surface area (Å²) in [4.78, 5) is 11.1. The second-order valence-corrected chi connectivity index (χ2v) is 2.82. The van der Waals surface area contributed by atoms with Gasteiger partial charge in [0.25, 0.3) is 0 Å². The van der Waals surface area contributed by atoms with Gasteiger partial charge in [0.1, 0.15) is 5.75 Å². The Morgan fingerprint density at radius 2 is 2.15 bits per heavy atom. The van der Waals surface area contributed by atoms with Gasteiger partial charge >= 0.3 is 0 Å². The summed E-state index contributed by atoms with van der Waals surface area (Å²) in [6, 6.07) is 2.76. The molecule has 1 rings (SSSR count). The molecule has 0 saturated heterocycles. The Morgan fingerprint density at radius 1 is 1.54 bits per heavy atom. The zero-order valence-corrected chi connectivity index (χ0v) is 7.37. The van der Waals surface area contributed by atoms with Crippen LogP contribution in [0.4, 0.5) is 5.69 Å². The van der Waals surface area contributed by atoms with Crippen LogP contribution in [0.25, 0.3) is 0 Å². The van der Waals surface area contributed by atoms with E-state index in [9.17, 15) is 9.90 Å². The predicted octanol–water partition coefficient (Wildman–Crippen LogP) is 0.636. The first-order valence-electron chi connectivity index (χ1n) is 3.88.